The third-order valence-corrected chi connectivity index (χ3v) is 4.14. The number of benzene rings is 2. The molecule has 0 bridgehead atoms. The van der Waals surface area contributed by atoms with E-state index in [1.807, 2.05) is 54.7 Å². The van der Waals surface area contributed by atoms with Gasteiger partial charge in [0.25, 0.3) is 0 Å². The lowest BCUT2D eigenvalue weighted by Crippen LogP contribution is -2.04. The quantitative estimate of drug-likeness (QED) is 0.412. The molecule has 118 valence electrons. The van der Waals surface area contributed by atoms with E-state index in [4.69, 9.17) is 16.0 Å². The van der Waals surface area contributed by atoms with Gasteiger partial charge in [0.1, 0.15) is 11.3 Å². The van der Waals surface area contributed by atoms with E-state index in [2.05, 4.69) is 5.10 Å². The molecule has 0 saturated carbocycles. The number of hydrogen-bond acceptors (Lipinski definition) is 3. The summed E-state index contributed by atoms with van der Waals surface area (Å²) in [6.07, 6.45) is 1.84. The summed E-state index contributed by atoms with van der Waals surface area (Å²) in [5.74, 6) is 0.258. The number of aromatic nitrogens is 2. The van der Waals surface area contributed by atoms with E-state index in [1.54, 1.807) is 16.8 Å². The Morgan fingerprint density at radius 2 is 1.79 bits per heavy atom. The lowest BCUT2D eigenvalue weighted by atomic mass is 10.1. The molecule has 4 rings (SSSR count). The average molecular weight is 337 g/mol. The van der Waals surface area contributed by atoms with Gasteiger partial charge < -0.3 is 4.42 Å². The molecule has 0 radical (unpaired) electrons. The summed E-state index contributed by atoms with van der Waals surface area (Å²) < 4.78 is 7.14. The first-order chi connectivity index (χ1) is 11.8. The molecule has 0 N–H and O–H groups in total. The smallest absolute Gasteiger partial charge is 0.345 e. The molecule has 0 saturated heterocycles. The predicted octanol–water partition coefficient (Wildman–Crippen LogP) is 4.38. The van der Waals surface area contributed by atoms with Crippen molar-refractivity contribution >= 4 is 22.6 Å². The minimum atomic E-state index is -0.418. The molecule has 0 fully saturated rings. The van der Waals surface area contributed by atoms with Crippen LogP contribution in [0.15, 0.2) is 76.1 Å². The zero-order valence-corrected chi connectivity index (χ0v) is 13.4. The van der Waals surface area contributed by atoms with E-state index in [9.17, 15) is 4.79 Å². The maximum absolute atomic E-state index is 12.4. The number of fused-ring (bicyclic) bond motifs is 1. The van der Waals surface area contributed by atoms with Crippen LogP contribution in [0.3, 0.4) is 0 Å². The fraction of sp³-hybridized carbons (Fsp3) is 0.0526. The second-order valence-corrected chi connectivity index (χ2v) is 5.67. The topological polar surface area (TPSA) is 48.0 Å². The second-order valence-electron chi connectivity index (χ2n) is 5.40. The van der Waals surface area contributed by atoms with Gasteiger partial charge in [-0.15, -0.1) is 11.6 Å². The summed E-state index contributed by atoms with van der Waals surface area (Å²) in [5, 5.41) is 5.41. The highest BCUT2D eigenvalue weighted by molar-refractivity contribution is 6.17. The molecule has 0 unspecified atom stereocenters. The van der Waals surface area contributed by atoms with Gasteiger partial charge in [0.2, 0.25) is 0 Å². The number of halogens is 1. The Hall–Kier alpha value is -2.85. The van der Waals surface area contributed by atoms with Gasteiger partial charge in [0, 0.05) is 17.1 Å². The van der Waals surface area contributed by atoms with Crippen LogP contribution in [0.1, 0.15) is 5.56 Å². The molecule has 0 spiro atoms. The SMILES string of the molecule is O=c1oc2ccccc2cc1-c1nn(-c2ccccc2)cc1CCl. The molecule has 0 amide bonds. The molecule has 0 aliphatic rings. The standard InChI is InChI=1S/C19H13ClN2O2/c20-11-14-12-22(15-7-2-1-3-8-15)21-18(14)16-10-13-6-4-5-9-17(13)24-19(16)23/h1-10,12H,11H2. The Labute approximate surface area is 142 Å². The highest BCUT2D eigenvalue weighted by Crippen LogP contribution is 2.25. The zero-order chi connectivity index (χ0) is 16.5. The maximum atomic E-state index is 12.4. The molecule has 2 aromatic heterocycles. The van der Waals surface area contributed by atoms with Gasteiger partial charge in [-0.2, -0.15) is 5.10 Å². The molecule has 0 aliphatic heterocycles. The Balaban J connectivity index is 1.92. The van der Waals surface area contributed by atoms with Crippen LogP contribution in [-0.4, -0.2) is 9.78 Å². The van der Waals surface area contributed by atoms with Crippen LogP contribution in [0.4, 0.5) is 0 Å². The summed E-state index contributed by atoms with van der Waals surface area (Å²) in [5.41, 5.74) is 2.79. The van der Waals surface area contributed by atoms with Gasteiger partial charge in [-0.05, 0) is 24.3 Å². The molecule has 2 heterocycles. The van der Waals surface area contributed by atoms with Gasteiger partial charge in [-0.3, -0.25) is 0 Å². The van der Waals surface area contributed by atoms with E-state index < -0.39 is 5.63 Å². The number of rotatable bonds is 3. The largest absolute Gasteiger partial charge is 0.422 e. The third kappa shape index (κ3) is 2.51. The minimum absolute atomic E-state index is 0.258. The average Bonchev–Trinajstić information content (AvgIpc) is 3.06. The Morgan fingerprint density at radius 1 is 1.04 bits per heavy atom. The Morgan fingerprint density at radius 3 is 2.58 bits per heavy atom. The monoisotopic (exact) mass is 336 g/mol. The van der Waals surface area contributed by atoms with Crippen molar-refractivity contribution in [3.05, 3.63) is 82.8 Å². The summed E-state index contributed by atoms with van der Waals surface area (Å²) in [4.78, 5) is 12.4. The lowest BCUT2D eigenvalue weighted by Gasteiger charge is -2.01. The Bertz CT molecular complexity index is 1070. The van der Waals surface area contributed by atoms with Gasteiger partial charge in [0.15, 0.2) is 0 Å². The molecular weight excluding hydrogens is 324 g/mol. The molecule has 0 atom stereocenters. The third-order valence-electron chi connectivity index (χ3n) is 3.85. The van der Waals surface area contributed by atoms with Crippen molar-refractivity contribution in [3.63, 3.8) is 0 Å². The number of alkyl halides is 1. The summed E-state index contributed by atoms with van der Waals surface area (Å²) in [7, 11) is 0. The van der Waals surface area contributed by atoms with Crippen molar-refractivity contribution < 1.29 is 4.42 Å². The molecular formula is C19H13ClN2O2. The summed E-state index contributed by atoms with van der Waals surface area (Å²) >= 11 is 6.07. The number of para-hydroxylation sites is 2. The first kappa shape index (κ1) is 14.7. The van der Waals surface area contributed by atoms with Crippen molar-refractivity contribution in [2.75, 3.05) is 0 Å². The lowest BCUT2D eigenvalue weighted by molar-refractivity contribution is 0.563. The molecule has 0 aliphatic carbocycles. The van der Waals surface area contributed by atoms with Crippen molar-refractivity contribution in [1.82, 2.24) is 9.78 Å². The van der Waals surface area contributed by atoms with Gasteiger partial charge in [-0.25, -0.2) is 9.48 Å². The predicted molar refractivity (Wildman–Crippen MR) is 94.6 cm³/mol. The van der Waals surface area contributed by atoms with Crippen LogP contribution >= 0.6 is 11.6 Å². The van der Waals surface area contributed by atoms with Crippen LogP contribution in [0, 0.1) is 0 Å². The molecule has 5 heteroatoms. The molecule has 4 aromatic rings. The molecule has 4 nitrogen and oxygen atoms in total. The van der Waals surface area contributed by atoms with Crippen molar-refractivity contribution in [1.29, 1.82) is 0 Å². The molecule has 2 aromatic carbocycles. The summed E-state index contributed by atoms with van der Waals surface area (Å²) in [6, 6.07) is 18.9. The van der Waals surface area contributed by atoms with E-state index in [-0.39, 0.29) is 5.88 Å². The Kier molecular flexibility index (Phi) is 3.67. The first-order valence-corrected chi connectivity index (χ1v) is 8.03. The first-order valence-electron chi connectivity index (χ1n) is 7.49. The van der Waals surface area contributed by atoms with Crippen LogP contribution in [-0.2, 0) is 5.88 Å². The van der Waals surface area contributed by atoms with Gasteiger partial charge in [-0.1, -0.05) is 36.4 Å². The molecule has 24 heavy (non-hydrogen) atoms. The minimum Gasteiger partial charge on any atom is -0.422 e. The fourth-order valence-corrected chi connectivity index (χ4v) is 2.87. The van der Waals surface area contributed by atoms with E-state index >= 15 is 0 Å². The normalized spacial score (nSPS) is 11.0. The number of nitrogens with zero attached hydrogens (tertiary/aromatic N) is 2. The highest BCUT2D eigenvalue weighted by atomic mass is 35.5. The van der Waals surface area contributed by atoms with E-state index in [0.29, 0.717) is 16.8 Å². The van der Waals surface area contributed by atoms with Crippen LogP contribution in [0.5, 0.6) is 0 Å². The van der Waals surface area contributed by atoms with Crippen LogP contribution in [0.25, 0.3) is 27.9 Å². The van der Waals surface area contributed by atoms with E-state index in [0.717, 1.165) is 16.6 Å². The van der Waals surface area contributed by atoms with Crippen LogP contribution in [0.2, 0.25) is 0 Å². The van der Waals surface area contributed by atoms with Crippen molar-refractivity contribution in [2.24, 2.45) is 0 Å². The second kappa shape index (κ2) is 5.98. The maximum Gasteiger partial charge on any atom is 0.345 e. The van der Waals surface area contributed by atoms with Crippen LogP contribution < -0.4 is 5.63 Å². The zero-order valence-electron chi connectivity index (χ0n) is 12.6. The fourth-order valence-electron chi connectivity index (χ4n) is 2.67. The van der Waals surface area contributed by atoms with Crippen molar-refractivity contribution in [3.8, 4) is 16.9 Å². The summed E-state index contributed by atoms with van der Waals surface area (Å²) in [6.45, 7) is 0. The van der Waals surface area contributed by atoms with Gasteiger partial charge in [0.05, 0.1) is 17.1 Å². The number of hydrogen-bond donors (Lipinski definition) is 0. The van der Waals surface area contributed by atoms with E-state index in [1.165, 1.54) is 0 Å². The van der Waals surface area contributed by atoms with Gasteiger partial charge >= 0.3 is 5.63 Å². The van der Waals surface area contributed by atoms with Crippen molar-refractivity contribution in [2.45, 2.75) is 5.88 Å². The highest BCUT2D eigenvalue weighted by Gasteiger charge is 2.16.